The predicted molar refractivity (Wildman–Crippen MR) is 113 cm³/mol. The van der Waals surface area contributed by atoms with Gasteiger partial charge in [-0.2, -0.15) is 4.98 Å². The van der Waals surface area contributed by atoms with Gasteiger partial charge in [-0.15, -0.1) is 0 Å². The molecule has 172 valence electrons. The summed E-state index contributed by atoms with van der Waals surface area (Å²) < 4.78 is 48.9. The molecular weight excluding hydrogens is 441 g/mol. The molecule has 0 aliphatic carbocycles. The molecule has 32 heavy (non-hydrogen) atoms. The van der Waals surface area contributed by atoms with Crippen LogP contribution in [0.1, 0.15) is 18.4 Å². The summed E-state index contributed by atoms with van der Waals surface area (Å²) in [6, 6.07) is 3.46. The SMILES string of the molecule is C=C(CN1CCC(Oc2ncc(C)c(Oc3ccc(S(C)(=O)=O)cc3F)n2)CC1)C(=O)O. The number of carboxylic acids is 1. The Labute approximate surface area is 185 Å². The number of piperidine rings is 1. The van der Waals surface area contributed by atoms with E-state index in [2.05, 4.69) is 16.5 Å². The zero-order chi connectivity index (χ0) is 23.5. The Hall–Kier alpha value is -3.05. The van der Waals surface area contributed by atoms with Crippen molar-refractivity contribution in [3.63, 3.8) is 0 Å². The predicted octanol–water partition coefficient (Wildman–Crippen LogP) is 2.60. The number of sulfone groups is 1. The second-order valence-electron chi connectivity index (χ2n) is 7.61. The molecule has 9 nitrogen and oxygen atoms in total. The fraction of sp³-hybridized carbons (Fsp3) is 0.381. The second kappa shape index (κ2) is 9.61. The van der Waals surface area contributed by atoms with Gasteiger partial charge in [-0.1, -0.05) is 6.58 Å². The van der Waals surface area contributed by atoms with Crippen molar-refractivity contribution >= 4 is 15.8 Å². The van der Waals surface area contributed by atoms with E-state index in [4.69, 9.17) is 14.6 Å². The van der Waals surface area contributed by atoms with Gasteiger partial charge < -0.3 is 14.6 Å². The van der Waals surface area contributed by atoms with Gasteiger partial charge in [-0.05, 0) is 38.0 Å². The quantitative estimate of drug-likeness (QED) is 0.587. The number of carboxylic acid groups (broad SMARTS) is 1. The number of hydrogen-bond acceptors (Lipinski definition) is 8. The van der Waals surface area contributed by atoms with E-state index >= 15 is 0 Å². The van der Waals surface area contributed by atoms with Crippen LogP contribution < -0.4 is 9.47 Å². The number of rotatable bonds is 8. The third-order valence-electron chi connectivity index (χ3n) is 4.96. The fourth-order valence-corrected chi connectivity index (χ4v) is 3.78. The van der Waals surface area contributed by atoms with Gasteiger partial charge in [-0.25, -0.2) is 22.6 Å². The molecule has 2 aromatic rings. The Bertz CT molecular complexity index is 1130. The van der Waals surface area contributed by atoms with Gasteiger partial charge in [0.05, 0.1) is 4.90 Å². The largest absolute Gasteiger partial charge is 0.478 e. The number of hydrogen-bond donors (Lipinski definition) is 1. The average molecular weight is 466 g/mol. The number of ether oxygens (including phenoxy) is 2. The number of aliphatic carboxylic acids is 1. The summed E-state index contributed by atoms with van der Waals surface area (Å²) in [6.07, 6.45) is 3.63. The molecule has 1 N–H and O–H groups in total. The third kappa shape index (κ3) is 6.01. The lowest BCUT2D eigenvalue weighted by Gasteiger charge is -2.31. The Kier molecular flexibility index (Phi) is 7.09. The molecule has 0 amide bonds. The molecule has 1 aliphatic heterocycles. The summed E-state index contributed by atoms with van der Waals surface area (Å²) in [4.78, 5) is 21.1. The van der Waals surface area contributed by atoms with Crippen molar-refractivity contribution in [2.75, 3.05) is 25.9 Å². The Morgan fingerprint density at radius 1 is 1.34 bits per heavy atom. The van der Waals surface area contributed by atoms with E-state index in [1.54, 1.807) is 6.92 Å². The topological polar surface area (TPSA) is 119 Å². The van der Waals surface area contributed by atoms with E-state index in [9.17, 15) is 17.6 Å². The van der Waals surface area contributed by atoms with Crippen molar-refractivity contribution in [3.8, 4) is 17.6 Å². The number of carbonyl (C=O) groups is 1. The summed E-state index contributed by atoms with van der Waals surface area (Å²) in [6.45, 7) is 6.82. The van der Waals surface area contributed by atoms with Crippen LogP contribution in [0.4, 0.5) is 4.39 Å². The maximum atomic E-state index is 14.3. The third-order valence-corrected chi connectivity index (χ3v) is 6.08. The zero-order valence-corrected chi connectivity index (χ0v) is 18.6. The van der Waals surface area contributed by atoms with Crippen LogP contribution >= 0.6 is 0 Å². The van der Waals surface area contributed by atoms with Crippen LogP contribution in [-0.2, 0) is 14.6 Å². The second-order valence-corrected chi connectivity index (χ2v) is 9.62. The van der Waals surface area contributed by atoms with Crippen LogP contribution in [0.5, 0.6) is 17.6 Å². The van der Waals surface area contributed by atoms with Crippen LogP contribution in [0.25, 0.3) is 0 Å². The molecule has 11 heteroatoms. The minimum Gasteiger partial charge on any atom is -0.478 e. The molecule has 0 radical (unpaired) electrons. The molecule has 0 atom stereocenters. The first kappa shape index (κ1) is 23.6. The van der Waals surface area contributed by atoms with Crippen molar-refractivity contribution in [1.29, 1.82) is 0 Å². The number of aryl methyl sites for hydroxylation is 1. The van der Waals surface area contributed by atoms with Gasteiger partial charge in [0.25, 0.3) is 0 Å². The lowest BCUT2D eigenvalue weighted by molar-refractivity contribution is -0.132. The van der Waals surface area contributed by atoms with Crippen LogP contribution in [0.2, 0.25) is 0 Å². The van der Waals surface area contributed by atoms with Crippen molar-refractivity contribution < 1.29 is 32.2 Å². The van der Waals surface area contributed by atoms with Crippen molar-refractivity contribution in [2.45, 2.75) is 30.8 Å². The molecule has 1 saturated heterocycles. The summed E-state index contributed by atoms with van der Waals surface area (Å²) in [7, 11) is -3.54. The van der Waals surface area contributed by atoms with E-state index in [1.807, 2.05) is 4.90 Å². The first-order chi connectivity index (χ1) is 15.0. The molecule has 0 bridgehead atoms. The summed E-state index contributed by atoms with van der Waals surface area (Å²) in [5, 5.41) is 8.95. The number of likely N-dealkylation sites (tertiary alicyclic amines) is 1. The van der Waals surface area contributed by atoms with Gasteiger partial charge in [0, 0.05) is 43.2 Å². The number of benzene rings is 1. The maximum Gasteiger partial charge on any atom is 0.332 e. The Morgan fingerprint density at radius 3 is 2.62 bits per heavy atom. The molecule has 1 fully saturated rings. The van der Waals surface area contributed by atoms with E-state index in [-0.39, 0.29) is 34.2 Å². The van der Waals surface area contributed by atoms with Crippen molar-refractivity contribution in [2.24, 2.45) is 0 Å². The minimum atomic E-state index is -3.54. The molecule has 0 unspecified atom stereocenters. The van der Waals surface area contributed by atoms with Crippen LogP contribution in [0.15, 0.2) is 41.4 Å². The number of nitrogens with zero attached hydrogens (tertiary/aromatic N) is 3. The normalized spacial score (nSPS) is 15.3. The van der Waals surface area contributed by atoms with E-state index in [0.29, 0.717) is 38.0 Å². The van der Waals surface area contributed by atoms with Gasteiger partial charge in [0.1, 0.15) is 6.10 Å². The highest BCUT2D eigenvalue weighted by Crippen LogP contribution is 2.28. The molecule has 1 aromatic carbocycles. The molecule has 1 aromatic heterocycles. The average Bonchev–Trinajstić information content (AvgIpc) is 2.72. The number of aromatic nitrogens is 2. The maximum absolute atomic E-state index is 14.3. The molecule has 0 spiro atoms. The van der Waals surface area contributed by atoms with E-state index in [0.717, 1.165) is 12.3 Å². The van der Waals surface area contributed by atoms with Crippen LogP contribution in [0.3, 0.4) is 0 Å². The Morgan fingerprint density at radius 2 is 2.03 bits per heavy atom. The fourth-order valence-electron chi connectivity index (χ4n) is 3.14. The van der Waals surface area contributed by atoms with Crippen LogP contribution in [-0.4, -0.2) is 66.4 Å². The molecule has 0 saturated carbocycles. The standard InChI is InChI=1S/C21H24FN3O6S/c1-13-11-23-21(30-15-6-8-25(9-7-15)12-14(2)20(26)27)24-19(13)31-18-5-4-16(10-17(18)22)32(3,28)29/h4-5,10-11,15H,2,6-9,12H2,1,3H3,(H,26,27). The minimum absolute atomic E-state index is 0.0761. The van der Waals surface area contributed by atoms with E-state index in [1.165, 1.54) is 18.3 Å². The smallest absolute Gasteiger partial charge is 0.332 e. The van der Waals surface area contributed by atoms with Gasteiger partial charge in [-0.3, -0.25) is 4.90 Å². The van der Waals surface area contributed by atoms with Gasteiger partial charge in [0.2, 0.25) is 5.88 Å². The number of halogens is 1. The zero-order valence-electron chi connectivity index (χ0n) is 17.7. The lowest BCUT2D eigenvalue weighted by atomic mass is 10.1. The molecule has 3 rings (SSSR count). The van der Waals surface area contributed by atoms with Crippen molar-refractivity contribution in [3.05, 3.63) is 47.9 Å². The monoisotopic (exact) mass is 465 g/mol. The lowest BCUT2D eigenvalue weighted by Crippen LogP contribution is -2.39. The molecule has 1 aliphatic rings. The van der Waals surface area contributed by atoms with Gasteiger partial charge >= 0.3 is 12.0 Å². The summed E-state index contributed by atoms with van der Waals surface area (Å²) in [5.74, 6) is -1.91. The van der Waals surface area contributed by atoms with Gasteiger partial charge in [0.15, 0.2) is 21.4 Å². The first-order valence-electron chi connectivity index (χ1n) is 9.84. The summed E-state index contributed by atoms with van der Waals surface area (Å²) >= 11 is 0. The molecular formula is C21H24FN3O6S. The Balaban J connectivity index is 1.64. The first-order valence-corrected chi connectivity index (χ1v) is 11.7. The van der Waals surface area contributed by atoms with Crippen molar-refractivity contribution in [1.82, 2.24) is 14.9 Å². The summed E-state index contributed by atoms with van der Waals surface area (Å²) in [5.41, 5.74) is 0.691. The van der Waals surface area contributed by atoms with E-state index < -0.39 is 21.6 Å². The highest BCUT2D eigenvalue weighted by atomic mass is 32.2. The highest BCUT2D eigenvalue weighted by molar-refractivity contribution is 7.90. The molecule has 2 heterocycles. The van der Waals surface area contributed by atoms with Crippen LogP contribution in [0, 0.1) is 12.7 Å². The highest BCUT2D eigenvalue weighted by Gasteiger charge is 2.23.